The van der Waals surface area contributed by atoms with Crippen LogP contribution in [0.15, 0.2) is 0 Å². The minimum atomic E-state index is -3.51. The van der Waals surface area contributed by atoms with Crippen LogP contribution in [0.1, 0.15) is 72.1 Å². The molecular weight excluding hydrogens is 294 g/mol. The lowest BCUT2D eigenvalue weighted by atomic mass is 10.2. The van der Waals surface area contributed by atoms with Crippen molar-refractivity contribution in [3.05, 3.63) is 0 Å². The molecule has 2 atom stereocenters. The zero-order valence-electron chi connectivity index (χ0n) is 13.3. The van der Waals surface area contributed by atoms with Gasteiger partial charge in [0.25, 0.3) is 0 Å². The Morgan fingerprint density at radius 3 is 1.40 bits per heavy atom. The smallest absolute Gasteiger partial charge is 0.212 e. The first-order valence-corrected chi connectivity index (χ1v) is 11.7. The van der Waals surface area contributed by atoms with Crippen LogP contribution in [-0.2, 0) is 9.13 Å². The van der Waals surface area contributed by atoms with E-state index in [0.29, 0.717) is 12.8 Å². The van der Waals surface area contributed by atoms with Crippen LogP contribution < -0.4 is 0 Å². The van der Waals surface area contributed by atoms with Crippen LogP contribution in [0.3, 0.4) is 0 Å². The van der Waals surface area contributed by atoms with Crippen LogP contribution in [0.4, 0.5) is 0 Å². The van der Waals surface area contributed by atoms with Crippen LogP contribution in [0.25, 0.3) is 0 Å². The molecule has 0 radical (unpaired) electrons. The molecule has 0 aliphatic carbocycles. The summed E-state index contributed by atoms with van der Waals surface area (Å²) in [5.74, 6) is 0. The second kappa shape index (κ2) is 10.2. The summed E-state index contributed by atoms with van der Waals surface area (Å²) in [5.41, 5.74) is 0. The van der Waals surface area contributed by atoms with Crippen molar-refractivity contribution in [3.8, 4) is 0 Å². The maximum absolute atomic E-state index is 12.2. The van der Waals surface area contributed by atoms with Gasteiger partial charge in [-0.05, 0) is 19.8 Å². The third kappa shape index (κ3) is 7.98. The Labute approximate surface area is 124 Å². The molecule has 0 rings (SSSR count). The van der Waals surface area contributed by atoms with Crippen LogP contribution >= 0.6 is 14.7 Å². The van der Waals surface area contributed by atoms with Crippen molar-refractivity contribution < 1.29 is 18.9 Å². The zero-order chi connectivity index (χ0) is 15.6. The fourth-order valence-corrected chi connectivity index (χ4v) is 7.23. The van der Waals surface area contributed by atoms with Crippen molar-refractivity contribution in [2.45, 2.75) is 77.5 Å². The van der Waals surface area contributed by atoms with E-state index in [-0.39, 0.29) is 12.3 Å². The van der Waals surface area contributed by atoms with E-state index in [1.165, 1.54) is 6.92 Å². The number of hydrogen-bond donors (Lipinski definition) is 2. The first kappa shape index (κ1) is 20.4. The molecule has 0 aliphatic rings. The van der Waals surface area contributed by atoms with E-state index < -0.39 is 20.1 Å². The Hall–Kier alpha value is 0.380. The first-order valence-electron chi connectivity index (χ1n) is 7.91. The van der Waals surface area contributed by atoms with Crippen LogP contribution in [0.5, 0.6) is 0 Å². The van der Waals surface area contributed by atoms with Gasteiger partial charge in [-0.1, -0.05) is 52.4 Å². The lowest BCUT2D eigenvalue weighted by Gasteiger charge is -2.24. The lowest BCUT2D eigenvalue weighted by Crippen LogP contribution is -2.10. The van der Waals surface area contributed by atoms with Gasteiger partial charge in [-0.2, -0.15) is 0 Å². The zero-order valence-corrected chi connectivity index (χ0v) is 15.0. The van der Waals surface area contributed by atoms with E-state index in [9.17, 15) is 18.9 Å². The molecule has 0 amide bonds. The molecule has 0 saturated heterocycles. The van der Waals surface area contributed by atoms with E-state index >= 15 is 0 Å². The molecule has 0 saturated carbocycles. The Kier molecular flexibility index (Phi) is 10.4. The molecule has 0 aromatic carbocycles. The Morgan fingerprint density at radius 2 is 1.10 bits per heavy atom. The van der Waals surface area contributed by atoms with Gasteiger partial charge in [-0.15, -0.1) is 0 Å². The largest absolute Gasteiger partial charge is 0.344 e. The second-order valence-electron chi connectivity index (χ2n) is 5.71. The molecule has 0 spiro atoms. The maximum Gasteiger partial charge on any atom is 0.212 e. The predicted octanol–water partition coefficient (Wildman–Crippen LogP) is 5.03. The van der Waals surface area contributed by atoms with Gasteiger partial charge < -0.3 is 9.79 Å². The Bertz CT molecular complexity index is 312. The van der Waals surface area contributed by atoms with Gasteiger partial charge in [0.2, 0.25) is 14.7 Å². The Morgan fingerprint density at radius 1 is 0.750 bits per heavy atom. The third-order valence-corrected chi connectivity index (χ3v) is 10.2. The molecule has 0 fully saturated rings. The molecule has 122 valence electrons. The topological polar surface area (TPSA) is 74.6 Å². The summed E-state index contributed by atoms with van der Waals surface area (Å²) < 4.78 is 24.5. The van der Waals surface area contributed by atoms with E-state index in [1.54, 1.807) is 0 Å². The van der Waals surface area contributed by atoms with E-state index in [2.05, 4.69) is 13.8 Å². The summed E-state index contributed by atoms with van der Waals surface area (Å²) in [6.07, 6.45) is 7.75. The van der Waals surface area contributed by atoms with Gasteiger partial charge in [0.05, 0.1) is 0 Å². The van der Waals surface area contributed by atoms with E-state index in [4.69, 9.17) is 0 Å². The van der Waals surface area contributed by atoms with E-state index in [0.717, 1.165) is 38.5 Å². The van der Waals surface area contributed by atoms with Crippen LogP contribution in [0.2, 0.25) is 0 Å². The normalized spacial score (nSPS) is 19.2. The van der Waals surface area contributed by atoms with Crippen molar-refractivity contribution >= 4 is 14.7 Å². The van der Waals surface area contributed by atoms with E-state index in [1.807, 2.05) is 0 Å². The van der Waals surface area contributed by atoms with Gasteiger partial charge in [0.1, 0.15) is 5.40 Å². The highest BCUT2D eigenvalue weighted by Crippen LogP contribution is 2.64. The van der Waals surface area contributed by atoms with Gasteiger partial charge in [-0.25, -0.2) is 0 Å². The highest BCUT2D eigenvalue weighted by atomic mass is 31.2. The molecule has 0 bridgehead atoms. The summed E-state index contributed by atoms with van der Waals surface area (Å²) in [4.78, 5) is 20.1. The minimum Gasteiger partial charge on any atom is -0.344 e. The average molecular weight is 326 g/mol. The molecule has 0 aliphatic heterocycles. The van der Waals surface area contributed by atoms with Crippen molar-refractivity contribution in [2.24, 2.45) is 0 Å². The average Bonchev–Trinajstić information content (AvgIpc) is 2.39. The third-order valence-electron chi connectivity index (χ3n) is 3.83. The van der Waals surface area contributed by atoms with Crippen molar-refractivity contribution in [1.82, 2.24) is 0 Å². The highest BCUT2D eigenvalue weighted by molar-refractivity contribution is 7.76. The quantitative estimate of drug-likeness (QED) is 0.389. The molecule has 0 heterocycles. The molecule has 6 heteroatoms. The van der Waals surface area contributed by atoms with Gasteiger partial charge in [0, 0.05) is 12.3 Å². The molecule has 4 nitrogen and oxygen atoms in total. The SMILES string of the molecule is CCCCCCP(=O)(O)C(C)P(=O)(O)CCCCCC. The van der Waals surface area contributed by atoms with Crippen molar-refractivity contribution in [3.63, 3.8) is 0 Å². The van der Waals surface area contributed by atoms with Gasteiger partial charge >= 0.3 is 0 Å². The van der Waals surface area contributed by atoms with Crippen molar-refractivity contribution in [2.75, 3.05) is 12.3 Å². The summed E-state index contributed by atoms with van der Waals surface area (Å²) >= 11 is 0. The van der Waals surface area contributed by atoms with Gasteiger partial charge in [0.15, 0.2) is 0 Å². The molecule has 0 aromatic heterocycles. The highest BCUT2D eigenvalue weighted by Gasteiger charge is 2.39. The van der Waals surface area contributed by atoms with Crippen LogP contribution in [0, 0.1) is 0 Å². The fraction of sp³-hybridized carbons (Fsp3) is 1.00. The summed E-state index contributed by atoms with van der Waals surface area (Å²) in [7, 11) is -7.03. The minimum absolute atomic E-state index is 0.174. The molecule has 0 aromatic rings. The maximum atomic E-state index is 12.2. The summed E-state index contributed by atoms with van der Waals surface area (Å²) in [5, 5.41) is -0.974. The number of hydrogen-bond acceptors (Lipinski definition) is 2. The number of rotatable bonds is 12. The predicted molar refractivity (Wildman–Crippen MR) is 87.1 cm³/mol. The summed E-state index contributed by atoms with van der Waals surface area (Å²) in [6, 6.07) is 0. The lowest BCUT2D eigenvalue weighted by molar-refractivity contribution is 0.448. The molecule has 2 N–H and O–H groups in total. The van der Waals surface area contributed by atoms with Gasteiger partial charge in [-0.3, -0.25) is 9.13 Å². The second-order valence-corrected chi connectivity index (χ2v) is 11.6. The van der Waals surface area contributed by atoms with Crippen LogP contribution in [-0.4, -0.2) is 27.5 Å². The molecule has 20 heavy (non-hydrogen) atoms. The standard InChI is InChI=1S/C14H32O4P2/c1-4-6-8-10-12-19(15,16)14(3)20(17,18)13-11-9-7-5-2/h14H,4-13H2,1-3H3,(H,15,16)(H,17,18). The molecule has 2 unspecified atom stereocenters. The number of unbranched alkanes of at least 4 members (excludes halogenated alkanes) is 6. The monoisotopic (exact) mass is 326 g/mol. The first-order chi connectivity index (χ1) is 9.28. The summed E-state index contributed by atoms with van der Waals surface area (Å²) in [6.45, 7) is 5.64. The van der Waals surface area contributed by atoms with Crippen molar-refractivity contribution in [1.29, 1.82) is 0 Å². The molecular formula is C14H32O4P2. The fourth-order valence-electron chi connectivity index (χ4n) is 2.19. The Balaban J connectivity index is 4.32.